The van der Waals surface area contributed by atoms with E-state index in [2.05, 4.69) is 19.7 Å². The van der Waals surface area contributed by atoms with Crippen LogP contribution < -0.4 is 9.47 Å². The van der Waals surface area contributed by atoms with E-state index in [-0.39, 0.29) is 29.8 Å². The standard InChI is InChI=1S/C36H41FO8/c1-22(20-38)34(39)45-33-18-13-29(27-11-16-30(17-12-27)43-35(40)23(2)21-42-4)19-32(33)28-7-5-25(6-8-28)26-9-14-31(15-10-26)44-36(41)24(3)37/h11-13,16-19,25-26,28,31,38H,1-3,5-10,14-15,20-21H2,4H3. The number of aliphatic hydroxyl groups is 1. The molecule has 0 aliphatic heterocycles. The van der Waals surface area contributed by atoms with Gasteiger partial charge in [0.25, 0.3) is 0 Å². The fourth-order valence-electron chi connectivity index (χ4n) is 6.30. The van der Waals surface area contributed by atoms with Crippen LogP contribution >= 0.6 is 0 Å². The van der Waals surface area contributed by atoms with Crippen molar-refractivity contribution >= 4 is 17.9 Å². The van der Waals surface area contributed by atoms with Crippen LogP contribution in [0.1, 0.15) is 62.8 Å². The average Bonchev–Trinajstić information content (AvgIpc) is 3.05. The van der Waals surface area contributed by atoms with E-state index >= 15 is 0 Å². The lowest BCUT2D eigenvalue weighted by Gasteiger charge is -2.38. The Kier molecular flexibility index (Phi) is 11.8. The topological polar surface area (TPSA) is 108 Å². The number of benzene rings is 2. The van der Waals surface area contributed by atoms with Crippen molar-refractivity contribution in [3.63, 3.8) is 0 Å². The lowest BCUT2D eigenvalue weighted by molar-refractivity contribution is -0.148. The summed E-state index contributed by atoms with van der Waals surface area (Å²) in [5, 5.41) is 9.38. The molecule has 0 saturated heterocycles. The molecule has 0 radical (unpaired) electrons. The Hall–Kier alpha value is -4.08. The first kappa shape index (κ1) is 33.8. The normalized spacial score (nSPS) is 21.3. The van der Waals surface area contributed by atoms with E-state index < -0.39 is 30.3 Å². The maximum atomic E-state index is 13.0. The maximum Gasteiger partial charge on any atom is 0.366 e. The van der Waals surface area contributed by atoms with Gasteiger partial charge in [0, 0.05) is 7.11 Å². The second kappa shape index (κ2) is 15.8. The minimum atomic E-state index is -1.06. The lowest BCUT2D eigenvalue weighted by atomic mass is 9.69. The number of carbonyl (C=O) groups is 3. The predicted octanol–water partition coefficient (Wildman–Crippen LogP) is 6.77. The molecule has 2 aliphatic carbocycles. The molecule has 8 nitrogen and oxygen atoms in total. The van der Waals surface area contributed by atoms with Crippen LogP contribution in [0, 0.1) is 11.8 Å². The Balaban J connectivity index is 1.45. The van der Waals surface area contributed by atoms with Gasteiger partial charge in [-0.25, -0.2) is 14.4 Å². The molecule has 0 aromatic heterocycles. The number of rotatable bonds is 12. The van der Waals surface area contributed by atoms with Crippen molar-refractivity contribution in [1.82, 2.24) is 0 Å². The molecule has 0 unspecified atom stereocenters. The highest BCUT2D eigenvalue weighted by Gasteiger charge is 2.33. The van der Waals surface area contributed by atoms with E-state index in [0.29, 0.717) is 23.3 Å². The highest BCUT2D eigenvalue weighted by atomic mass is 19.1. The molecule has 2 fully saturated rings. The summed E-state index contributed by atoms with van der Waals surface area (Å²) in [4.78, 5) is 36.3. The van der Waals surface area contributed by atoms with Crippen molar-refractivity contribution in [2.45, 2.75) is 63.4 Å². The fraction of sp³-hybridized carbons (Fsp3) is 0.417. The van der Waals surface area contributed by atoms with E-state index in [1.165, 1.54) is 7.11 Å². The van der Waals surface area contributed by atoms with E-state index in [1.54, 1.807) is 18.2 Å². The van der Waals surface area contributed by atoms with Crippen LogP contribution in [0.15, 0.2) is 79.2 Å². The Morgan fingerprint density at radius 2 is 1.36 bits per heavy atom. The van der Waals surface area contributed by atoms with Crippen LogP contribution in [-0.2, 0) is 23.9 Å². The van der Waals surface area contributed by atoms with Crippen LogP contribution in [0.25, 0.3) is 11.1 Å². The van der Waals surface area contributed by atoms with Crippen LogP contribution in [0.3, 0.4) is 0 Å². The Morgan fingerprint density at radius 1 is 0.778 bits per heavy atom. The third kappa shape index (κ3) is 8.99. The summed E-state index contributed by atoms with van der Waals surface area (Å²) >= 11 is 0. The van der Waals surface area contributed by atoms with Crippen molar-refractivity contribution in [3.05, 3.63) is 84.7 Å². The highest BCUT2D eigenvalue weighted by Crippen LogP contribution is 2.46. The number of carbonyl (C=O) groups excluding carboxylic acids is 3. The Labute approximate surface area is 263 Å². The van der Waals surface area contributed by atoms with Crippen molar-refractivity contribution in [3.8, 4) is 22.6 Å². The van der Waals surface area contributed by atoms with Gasteiger partial charge in [0.15, 0.2) is 0 Å². The first-order chi connectivity index (χ1) is 21.6. The molecule has 0 amide bonds. The summed E-state index contributed by atoms with van der Waals surface area (Å²) in [6.07, 6.45) is 6.89. The zero-order valence-electron chi connectivity index (χ0n) is 25.7. The van der Waals surface area contributed by atoms with E-state index in [9.17, 15) is 23.9 Å². The first-order valence-corrected chi connectivity index (χ1v) is 15.3. The second-order valence-electron chi connectivity index (χ2n) is 11.8. The van der Waals surface area contributed by atoms with Gasteiger partial charge >= 0.3 is 17.9 Å². The number of ether oxygens (including phenoxy) is 4. The summed E-state index contributed by atoms with van der Waals surface area (Å²) in [7, 11) is 1.48. The second-order valence-corrected chi connectivity index (χ2v) is 11.8. The van der Waals surface area contributed by atoms with Gasteiger partial charge in [-0.3, -0.25) is 0 Å². The molecule has 2 aromatic carbocycles. The van der Waals surface area contributed by atoms with Gasteiger partial charge in [0.2, 0.25) is 5.83 Å². The van der Waals surface area contributed by atoms with Crippen LogP contribution in [0.4, 0.5) is 4.39 Å². The number of halogens is 1. The quantitative estimate of drug-likeness (QED) is 0.157. The SMILES string of the molecule is C=C(F)C(=O)OC1CCC(C2CCC(c3cc(-c4ccc(OC(=O)C(=C)COC)cc4)ccc3OC(=O)C(=C)CO)CC2)CC1. The molecule has 0 spiro atoms. The van der Waals surface area contributed by atoms with Gasteiger partial charge in [-0.15, -0.1) is 0 Å². The molecule has 1 N–H and O–H groups in total. The van der Waals surface area contributed by atoms with Gasteiger partial charge in [-0.2, -0.15) is 4.39 Å². The van der Waals surface area contributed by atoms with Crippen LogP contribution in [0.5, 0.6) is 11.5 Å². The fourth-order valence-corrected chi connectivity index (χ4v) is 6.30. The zero-order valence-corrected chi connectivity index (χ0v) is 25.7. The molecular weight excluding hydrogens is 579 g/mol. The summed E-state index contributed by atoms with van der Waals surface area (Å²) in [6.45, 7) is 9.87. The van der Waals surface area contributed by atoms with Gasteiger partial charge in [-0.1, -0.05) is 37.9 Å². The Morgan fingerprint density at radius 3 is 1.93 bits per heavy atom. The van der Waals surface area contributed by atoms with Gasteiger partial charge in [-0.05, 0) is 110 Å². The smallest absolute Gasteiger partial charge is 0.366 e. The number of hydrogen-bond acceptors (Lipinski definition) is 8. The van der Waals surface area contributed by atoms with Crippen LogP contribution in [0.2, 0.25) is 0 Å². The average molecular weight is 621 g/mol. The summed E-state index contributed by atoms with van der Waals surface area (Å²) < 4.78 is 34.3. The molecule has 0 heterocycles. The molecular formula is C36H41FO8. The van der Waals surface area contributed by atoms with Crippen molar-refractivity contribution < 1.29 is 42.8 Å². The summed E-state index contributed by atoms with van der Waals surface area (Å²) in [5.74, 6) is -1.22. The minimum absolute atomic E-state index is 0.0239. The van der Waals surface area contributed by atoms with Gasteiger partial charge in [0.05, 0.1) is 24.4 Å². The van der Waals surface area contributed by atoms with Crippen LogP contribution in [-0.4, -0.2) is 49.4 Å². The monoisotopic (exact) mass is 620 g/mol. The molecule has 0 atom stereocenters. The van der Waals surface area contributed by atoms with Crippen molar-refractivity contribution in [2.24, 2.45) is 11.8 Å². The minimum Gasteiger partial charge on any atom is -0.457 e. The molecule has 45 heavy (non-hydrogen) atoms. The van der Waals surface area contributed by atoms with E-state index in [0.717, 1.165) is 68.1 Å². The summed E-state index contributed by atoms with van der Waals surface area (Å²) in [6, 6.07) is 12.8. The van der Waals surface area contributed by atoms with Gasteiger partial charge < -0.3 is 24.1 Å². The predicted molar refractivity (Wildman–Crippen MR) is 167 cm³/mol. The number of aliphatic hydroxyl groups excluding tert-OH is 1. The van der Waals surface area contributed by atoms with E-state index in [4.69, 9.17) is 18.9 Å². The molecule has 2 aromatic rings. The molecule has 0 bridgehead atoms. The third-order valence-electron chi connectivity index (χ3n) is 8.79. The van der Waals surface area contributed by atoms with E-state index in [1.807, 2.05) is 24.3 Å². The molecule has 240 valence electrons. The number of hydrogen-bond donors (Lipinski definition) is 1. The first-order valence-electron chi connectivity index (χ1n) is 15.3. The molecule has 2 aliphatic rings. The lowest BCUT2D eigenvalue weighted by Crippen LogP contribution is -2.29. The van der Waals surface area contributed by atoms with Crippen molar-refractivity contribution in [1.29, 1.82) is 0 Å². The highest BCUT2D eigenvalue weighted by molar-refractivity contribution is 5.90. The Bertz CT molecular complexity index is 1410. The maximum absolute atomic E-state index is 13.0. The largest absolute Gasteiger partial charge is 0.457 e. The third-order valence-corrected chi connectivity index (χ3v) is 8.79. The van der Waals surface area contributed by atoms with Crippen molar-refractivity contribution in [2.75, 3.05) is 20.3 Å². The summed E-state index contributed by atoms with van der Waals surface area (Å²) in [5.41, 5.74) is 2.92. The number of methoxy groups -OCH3 is 1. The molecule has 4 rings (SSSR count). The number of esters is 3. The molecule has 2 saturated carbocycles. The zero-order chi connectivity index (χ0) is 32.5. The molecule has 9 heteroatoms. The van der Waals surface area contributed by atoms with Gasteiger partial charge in [0.1, 0.15) is 17.6 Å².